The lowest BCUT2D eigenvalue weighted by molar-refractivity contribution is 0.0612. The standard InChI is InChI=1S/C14H21ClN4O/c1-8(2)13-17-7-11(15)12(18-13)14(20)19-5-4-10(16)6-9(19)3/h7-10H,4-6,16H2,1-3H3/t9-,10+/m0/s1. The zero-order chi connectivity index (χ0) is 14.9. The number of rotatable bonds is 2. The van der Waals surface area contributed by atoms with Crippen LogP contribution in [0.15, 0.2) is 6.20 Å². The van der Waals surface area contributed by atoms with E-state index in [-0.39, 0.29) is 23.9 Å². The van der Waals surface area contributed by atoms with Crippen molar-refractivity contribution in [2.45, 2.75) is 51.6 Å². The van der Waals surface area contributed by atoms with Crippen molar-refractivity contribution in [3.05, 3.63) is 22.7 Å². The molecule has 1 saturated heterocycles. The summed E-state index contributed by atoms with van der Waals surface area (Å²) in [5, 5.41) is 0.307. The number of nitrogens with zero attached hydrogens (tertiary/aromatic N) is 3. The van der Waals surface area contributed by atoms with Crippen molar-refractivity contribution in [2.75, 3.05) is 6.54 Å². The lowest BCUT2D eigenvalue weighted by Gasteiger charge is -2.36. The third kappa shape index (κ3) is 3.10. The quantitative estimate of drug-likeness (QED) is 0.908. The van der Waals surface area contributed by atoms with Crippen LogP contribution in [0.1, 0.15) is 55.8 Å². The minimum absolute atomic E-state index is 0.111. The fourth-order valence-electron chi connectivity index (χ4n) is 2.46. The van der Waals surface area contributed by atoms with E-state index in [1.165, 1.54) is 6.20 Å². The molecule has 1 aliphatic rings. The Labute approximate surface area is 124 Å². The highest BCUT2D eigenvalue weighted by Gasteiger charge is 2.30. The second-order valence-corrected chi connectivity index (χ2v) is 6.12. The van der Waals surface area contributed by atoms with Crippen molar-refractivity contribution in [2.24, 2.45) is 5.73 Å². The molecule has 20 heavy (non-hydrogen) atoms. The largest absolute Gasteiger partial charge is 0.334 e. The van der Waals surface area contributed by atoms with Crippen LogP contribution >= 0.6 is 11.6 Å². The summed E-state index contributed by atoms with van der Waals surface area (Å²) in [7, 11) is 0. The smallest absolute Gasteiger partial charge is 0.274 e. The summed E-state index contributed by atoms with van der Waals surface area (Å²) >= 11 is 6.09. The summed E-state index contributed by atoms with van der Waals surface area (Å²) < 4.78 is 0. The summed E-state index contributed by atoms with van der Waals surface area (Å²) in [6, 6.07) is 0.279. The van der Waals surface area contributed by atoms with Gasteiger partial charge in [0.2, 0.25) is 0 Å². The molecule has 1 fully saturated rings. The first-order valence-corrected chi connectivity index (χ1v) is 7.37. The number of likely N-dealkylation sites (tertiary alicyclic amines) is 1. The molecule has 2 rings (SSSR count). The number of nitrogens with two attached hydrogens (primary N) is 1. The van der Waals surface area contributed by atoms with Crippen LogP contribution in [0, 0.1) is 0 Å². The van der Waals surface area contributed by atoms with Gasteiger partial charge < -0.3 is 10.6 Å². The molecule has 2 heterocycles. The van der Waals surface area contributed by atoms with Crippen LogP contribution in [-0.2, 0) is 0 Å². The highest BCUT2D eigenvalue weighted by molar-refractivity contribution is 6.33. The van der Waals surface area contributed by atoms with E-state index in [9.17, 15) is 4.79 Å². The summed E-state index contributed by atoms with van der Waals surface area (Å²) in [6.45, 7) is 6.63. The highest BCUT2D eigenvalue weighted by Crippen LogP contribution is 2.22. The number of carbonyl (C=O) groups is 1. The minimum atomic E-state index is -0.126. The molecule has 1 amide bonds. The Hall–Kier alpha value is -1.20. The van der Waals surface area contributed by atoms with E-state index < -0.39 is 0 Å². The fraction of sp³-hybridized carbons (Fsp3) is 0.643. The van der Waals surface area contributed by atoms with Gasteiger partial charge in [0.25, 0.3) is 5.91 Å². The molecule has 110 valence electrons. The predicted octanol–water partition coefficient (Wildman–Crippen LogP) is 2.21. The third-order valence-corrected chi connectivity index (χ3v) is 3.94. The molecule has 1 aromatic rings. The first kappa shape index (κ1) is 15.2. The molecular weight excluding hydrogens is 276 g/mol. The molecule has 1 aliphatic heterocycles. The maximum Gasteiger partial charge on any atom is 0.274 e. The second-order valence-electron chi connectivity index (χ2n) is 5.71. The molecule has 0 aliphatic carbocycles. The van der Waals surface area contributed by atoms with Gasteiger partial charge in [-0.3, -0.25) is 4.79 Å². The monoisotopic (exact) mass is 296 g/mol. The molecule has 1 aromatic heterocycles. The van der Waals surface area contributed by atoms with Crippen LogP contribution in [0.5, 0.6) is 0 Å². The van der Waals surface area contributed by atoms with E-state index in [0.29, 0.717) is 23.1 Å². The number of hydrogen-bond donors (Lipinski definition) is 1. The molecule has 2 N–H and O–H groups in total. The normalized spacial score (nSPS) is 23.2. The number of carbonyl (C=O) groups excluding carboxylic acids is 1. The zero-order valence-corrected chi connectivity index (χ0v) is 12.9. The topological polar surface area (TPSA) is 72.1 Å². The molecule has 0 spiro atoms. The maximum atomic E-state index is 12.6. The zero-order valence-electron chi connectivity index (χ0n) is 12.1. The van der Waals surface area contributed by atoms with Gasteiger partial charge in [-0.05, 0) is 19.8 Å². The summed E-state index contributed by atoms with van der Waals surface area (Å²) in [6.07, 6.45) is 3.14. The molecule has 0 unspecified atom stereocenters. The van der Waals surface area contributed by atoms with Gasteiger partial charge in [-0.15, -0.1) is 0 Å². The van der Waals surface area contributed by atoms with E-state index in [0.717, 1.165) is 12.8 Å². The number of halogens is 1. The fourth-order valence-corrected chi connectivity index (χ4v) is 2.63. The molecule has 0 radical (unpaired) electrons. The number of piperidine rings is 1. The van der Waals surface area contributed by atoms with Crippen molar-refractivity contribution in [1.29, 1.82) is 0 Å². The van der Waals surface area contributed by atoms with Gasteiger partial charge >= 0.3 is 0 Å². The Morgan fingerprint density at radius 1 is 1.55 bits per heavy atom. The van der Waals surface area contributed by atoms with Gasteiger partial charge in [-0.1, -0.05) is 25.4 Å². The molecule has 2 atom stereocenters. The summed E-state index contributed by atoms with van der Waals surface area (Å²) in [5.41, 5.74) is 6.23. The van der Waals surface area contributed by atoms with E-state index in [1.54, 1.807) is 0 Å². The van der Waals surface area contributed by atoms with Crippen molar-refractivity contribution >= 4 is 17.5 Å². The maximum absolute atomic E-state index is 12.6. The first-order valence-electron chi connectivity index (χ1n) is 6.99. The van der Waals surface area contributed by atoms with Crippen LogP contribution in [-0.4, -0.2) is 39.4 Å². The molecule has 5 nitrogen and oxygen atoms in total. The minimum Gasteiger partial charge on any atom is -0.334 e. The predicted molar refractivity (Wildman–Crippen MR) is 78.8 cm³/mol. The number of amides is 1. The lowest BCUT2D eigenvalue weighted by atomic mass is 9.99. The van der Waals surface area contributed by atoms with Gasteiger partial charge in [-0.25, -0.2) is 9.97 Å². The average Bonchev–Trinajstić information content (AvgIpc) is 2.38. The molecule has 0 aromatic carbocycles. The molecule has 0 bridgehead atoms. The third-order valence-electron chi connectivity index (χ3n) is 3.66. The van der Waals surface area contributed by atoms with Crippen molar-refractivity contribution in [3.8, 4) is 0 Å². The van der Waals surface area contributed by atoms with Crippen LogP contribution in [0.3, 0.4) is 0 Å². The van der Waals surface area contributed by atoms with Crippen molar-refractivity contribution in [1.82, 2.24) is 14.9 Å². The van der Waals surface area contributed by atoms with Crippen LogP contribution < -0.4 is 5.73 Å². The molecular formula is C14H21ClN4O. The van der Waals surface area contributed by atoms with Crippen molar-refractivity contribution < 1.29 is 4.79 Å². The molecule has 6 heteroatoms. The Morgan fingerprint density at radius 2 is 2.25 bits per heavy atom. The first-order chi connectivity index (χ1) is 9.40. The second kappa shape index (κ2) is 6.06. The van der Waals surface area contributed by atoms with Gasteiger partial charge in [0.15, 0.2) is 5.69 Å². The number of hydrogen-bond acceptors (Lipinski definition) is 4. The Balaban J connectivity index is 2.26. The van der Waals surface area contributed by atoms with Crippen molar-refractivity contribution in [3.63, 3.8) is 0 Å². The van der Waals surface area contributed by atoms with E-state index in [2.05, 4.69) is 9.97 Å². The SMILES string of the molecule is CC(C)c1ncc(Cl)c(C(=O)N2CC[C@@H](N)C[C@@H]2C)n1. The van der Waals surface area contributed by atoms with Crippen LogP contribution in [0.2, 0.25) is 5.02 Å². The van der Waals surface area contributed by atoms with E-state index >= 15 is 0 Å². The van der Waals surface area contributed by atoms with Gasteiger partial charge in [0, 0.05) is 24.5 Å². The lowest BCUT2D eigenvalue weighted by Crippen LogP contribution is -2.48. The summed E-state index contributed by atoms with van der Waals surface area (Å²) in [4.78, 5) is 22.9. The van der Waals surface area contributed by atoms with Gasteiger partial charge in [0.1, 0.15) is 5.82 Å². The van der Waals surface area contributed by atoms with Crippen LogP contribution in [0.4, 0.5) is 0 Å². The highest BCUT2D eigenvalue weighted by atomic mass is 35.5. The summed E-state index contributed by atoms with van der Waals surface area (Å²) in [5.74, 6) is 0.670. The Kier molecular flexibility index (Phi) is 4.60. The molecule has 0 saturated carbocycles. The van der Waals surface area contributed by atoms with Gasteiger partial charge in [-0.2, -0.15) is 0 Å². The van der Waals surface area contributed by atoms with Crippen LogP contribution in [0.25, 0.3) is 0 Å². The van der Waals surface area contributed by atoms with Gasteiger partial charge in [0.05, 0.1) is 11.2 Å². The average molecular weight is 297 g/mol. The van der Waals surface area contributed by atoms with E-state index in [4.69, 9.17) is 17.3 Å². The van der Waals surface area contributed by atoms with E-state index in [1.807, 2.05) is 25.7 Å². The Morgan fingerprint density at radius 3 is 2.85 bits per heavy atom. The number of aromatic nitrogens is 2. The Bertz CT molecular complexity index is 506.